The highest BCUT2D eigenvalue weighted by atomic mass is 16.2. The first-order chi connectivity index (χ1) is 19.7. The summed E-state index contributed by atoms with van der Waals surface area (Å²) >= 11 is 0. The van der Waals surface area contributed by atoms with Crippen molar-refractivity contribution < 1.29 is 9.59 Å². The van der Waals surface area contributed by atoms with Crippen molar-refractivity contribution in [3.05, 3.63) is 107 Å². The van der Waals surface area contributed by atoms with Crippen molar-refractivity contribution in [1.29, 1.82) is 11.1 Å². The van der Waals surface area contributed by atoms with Gasteiger partial charge in [0.1, 0.15) is 0 Å². The van der Waals surface area contributed by atoms with Gasteiger partial charge in [-0.15, -0.1) is 10.2 Å². The summed E-state index contributed by atoms with van der Waals surface area (Å²) < 4.78 is 0. The summed E-state index contributed by atoms with van der Waals surface area (Å²) in [6, 6.07) is 25.5. The molecule has 3 aromatic rings. The molecule has 8 heteroatoms. The molecule has 3 aromatic carbocycles. The van der Waals surface area contributed by atoms with E-state index in [-0.39, 0.29) is 17.4 Å². The number of hydrogen-bond acceptors (Lipinski definition) is 6. The Morgan fingerprint density at radius 2 is 1.34 bits per heavy atom. The van der Waals surface area contributed by atoms with Gasteiger partial charge in [-0.1, -0.05) is 75.4 Å². The van der Waals surface area contributed by atoms with Crippen LogP contribution in [-0.4, -0.2) is 29.0 Å². The minimum atomic E-state index is -1.22. The Morgan fingerprint density at radius 3 is 1.90 bits per heavy atom. The number of carbonyl (C=O) groups is 2. The predicted octanol–water partition coefficient (Wildman–Crippen LogP) is 7.60. The fourth-order valence-corrected chi connectivity index (χ4v) is 5.64. The molecule has 41 heavy (non-hydrogen) atoms. The molecular weight excluding hydrogens is 512 g/mol. The quantitative estimate of drug-likeness (QED) is 0.224. The maximum Gasteiger partial charge on any atom is 0.254 e. The molecule has 0 unspecified atom stereocenters. The number of nitrogens with zero attached hydrogens (tertiary/aromatic N) is 3. The molecule has 1 aliphatic carbocycles. The van der Waals surface area contributed by atoms with E-state index < -0.39 is 12.2 Å². The van der Waals surface area contributed by atoms with Crippen molar-refractivity contribution in [3.8, 4) is 0 Å². The Bertz CT molecular complexity index is 1320. The zero-order valence-corrected chi connectivity index (χ0v) is 24.1. The predicted molar refractivity (Wildman–Crippen MR) is 159 cm³/mol. The monoisotopic (exact) mass is 552 g/mol. The Balaban J connectivity index is 1.51. The van der Waals surface area contributed by atoms with Gasteiger partial charge in [-0.2, -0.15) is 0 Å². The molecule has 0 atom stereocenters. The summed E-state index contributed by atoms with van der Waals surface area (Å²) in [7, 11) is 0. The van der Waals surface area contributed by atoms with Gasteiger partial charge in [0.15, 0.2) is 0 Å². The van der Waals surface area contributed by atoms with Crippen LogP contribution in [0.25, 0.3) is 0 Å². The Morgan fingerprint density at radius 1 is 0.805 bits per heavy atom. The summed E-state index contributed by atoms with van der Waals surface area (Å²) in [6.45, 7) is 7.35. The van der Waals surface area contributed by atoms with Crippen LogP contribution in [0.1, 0.15) is 83.9 Å². The van der Waals surface area contributed by atoms with E-state index in [1.165, 1.54) is 5.56 Å². The molecule has 1 saturated carbocycles. The first-order valence-corrected chi connectivity index (χ1v) is 14.2. The minimum Gasteiger partial charge on any atom is -0.331 e. The van der Waals surface area contributed by atoms with Crippen LogP contribution in [0, 0.1) is 22.4 Å². The molecule has 1 fully saturated rings. The normalized spacial score (nSPS) is 17.7. The summed E-state index contributed by atoms with van der Waals surface area (Å²) in [5.74, 6) is 0.201. The maximum atomic E-state index is 14.0. The third kappa shape index (κ3) is 7.93. The second-order valence-corrected chi connectivity index (χ2v) is 12.0. The van der Waals surface area contributed by atoms with E-state index in [2.05, 4.69) is 48.4 Å². The SMILES string of the molecule is CC(C)(C)C1CCC(N(Cc2ccc(C(=O)NC(N=N)N=N)cc2)C(=O)c2ccc(Cc3ccccc3)cc2)CC1. The van der Waals surface area contributed by atoms with Crippen LogP contribution in [0.2, 0.25) is 0 Å². The average molecular weight is 553 g/mol. The third-order valence-corrected chi connectivity index (χ3v) is 8.15. The third-order valence-electron chi connectivity index (χ3n) is 8.15. The molecule has 0 bridgehead atoms. The van der Waals surface area contributed by atoms with Gasteiger partial charge in [-0.05, 0) is 84.4 Å². The van der Waals surface area contributed by atoms with E-state index in [9.17, 15) is 9.59 Å². The zero-order valence-electron chi connectivity index (χ0n) is 24.1. The van der Waals surface area contributed by atoms with Gasteiger partial charge in [0, 0.05) is 23.7 Å². The number of rotatable bonds is 10. The van der Waals surface area contributed by atoms with Gasteiger partial charge in [-0.3, -0.25) is 9.59 Å². The first kappa shape index (κ1) is 29.8. The zero-order chi connectivity index (χ0) is 29.4. The van der Waals surface area contributed by atoms with E-state index in [0.717, 1.165) is 43.2 Å². The number of amides is 2. The summed E-state index contributed by atoms with van der Waals surface area (Å²) in [5, 5.41) is 8.60. The summed E-state index contributed by atoms with van der Waals surface area (Å²) in [6.07, 6.45) is 3.72. The minimum absolute atomic E-state index is 0.0224. The molecule has 0 spiro atoms. The van der Waals surface area contributed by atoms with E-state index in [1.54, 1.807) is 12.1 Å². The molecule has 8 nitrogen and oxygen atoms in total. The second kappa shape index (κ2) is 13.4. The number of carbonyl (C=O) groups excluding carboxylic acids is 2. The molecule has 0 saturated heterocycles. The smallest absolute Gasteiger partial charge is 0.254 e. The molecular formula is C33H40N6O2. The molecule has 4 rings (SSSR count). The fourth-order valence-electron chi connectivity index (χ4n) is 5.64. The molecule has 0 radical (unpaired) electrons. The standard InChI is InChI=1S/C33H40N6O2/c1-33(2,3)28-17-19-29(20-18-28)39(22-25-11-13-26(14-12-25)30(40)36-32(37-34)38-35)31(41)27-15-9-24(10-16-27)21-23-7-5-4-6-8-23/h4-16,28-29,32,34-35H,17-22H2,1-3H3,(H,36,40). The average Bonchev–Trinajstić information content (AvgIpc) is 2.99. The van der Waals surface area contributed by atoms with Crippen LogP contribution in [0.5, 0.6) is 0 Å². The molecule has 0 aromatic heterocycles. The number of benzene rings is 3. The highest BCUT2D eigenvalue weighted by Crippen LogP contribution is 2.39. The van der Waals surface area contributed by atoms with Crippen molar-refractivity contribution in [1.82, 2.24) is 10.2 Å². The Labute approximate surface area is 242 Å². The Hall–Kier alpha value is -4.20. The van der Waals surface area contributed by atoms with Crippen molar-refractivity contribution in [2.45, 2.75) is 71.8 Å². The van der Waals surface area contributed by atoms with Crippen LogP contribution < -0.4 is 5.32 Å². The topological polar surface area (TPSA) is 122 Å². The lowest BCUT2D eigenvalue weighted by molar-refractivity contribution is 0.0530. The van der Waals surface area contributed by atoms with E-state index in [4.69, 9.17) is 11.1 Å². The number of nitrogens with one attached hydrogen (secondary N) is 3. The van der Waals surface area contributed by atoms with Gasteiger partial charge in [0.05, 0.1) is 0 Å². The van der Waals surface area contributed by atoms with Crippen LogP contribution in [0.4, 0.5) is 0 Å². The molecule has 2 amide bonds. The molecule has 0 heterocycles. The summed E-state index contributed by atoms with van der Waals surface area (Å²) in [4.78, 5) is 28.4. The van der Waals surface area contributed by atoms with Crippen LogP contribution in [-0.2, 0) is 13.0 Å². The molecule has 1 aliphatic rings. The summed E-state index contributed by atoms with van der Waals surface area (Å²) in [5.41, 5.74) is 18.7. The lowest BCUT2D eigenvalue weighted by Crippen LogP contribution is -2.43. The molecule has 214 valence electrons. The van der Waals surface area contributed by atoms with Gasteiger partial charge >= 0.3 is 0 Å². The van der Waals surface area contributed by atoms with Crippen molar-refractivity contribution in [3.63, 3.8) is 0 Å². The van der Waals surface area contributed by atoms with Crippen LogP contribution >= 0.6 is 0 Å². The highest BCUT2D eigenvalue weighted by Gasteiger charge is 2.34. The largest absolute Gasteiger partial charge is 0.331 e. The van der Waals surface area contributed by atoms with Gasteiger partial charge < -0.3 is 10.2 Å². The lowest BCUT2D eigenvalue weighted by Gasteiger charge is -2.41. The lowest BCUT2D eigenvalue weighted by atomic mass is 9.71. The van der Waals surface area contributed by atoms with E-state index in [1.807, 2.05) is 59.5 Å². The highest BCUT2D eigenvalue weighted by molar-refractivity contribution is 5.95. The van der Waals surface area contributed by atoms with Crippen molar-refractivity contribution >= 4 is 11.8 Å². The van der Waals surface area contributed by atoms with E-state index in [0.29, 0.717) is 23.6 Å². The van der Waals surface area contributed by atoms with E-state index >= 15 is 0 Å². The fraction of sp³-hybridized carbons (Fsp3) is 0.394. The van der Waals surface area contributed by atoms with Gasteiger partial charge in [-0.25, -0.2) is 11.1 Å². The molecule has 0 aliphatic heterocycles. The van der Waals surface area contributed by atoms with Crippen LogP contribution in [0.15, 0.2) is 89.1 Å². The number of hydrogen-bond donors (Lipinski definition) is 3. The Kier molecular flexibility index (Phi) is 9.76. The first-order valence-electron chi connectivity index (χ1n) is 14.2. The van der Waals surface area contributed by atoms with Crippen LogP contribution in [0.3, 0.4) is 0 Å². The second-order valence-electron chi connectivity index (χ2n) is 12.0. The maximum absolute atomic E-state index is 14.0. The van der Waals surface area contributed by atoms with Gasteiger partial charge in [0.2, 0.25) is 0 Å². The van der Waals surface area contributed by atoms with Crippen molar-refractivity contribution in [2.24, 2.45) is 21.6 Å². The molecule has 3 N–H and O–H groups in total. The van der Waals surface area contributed by atoms with Crippen molar-refractivity contribution in [2.75, 3.05) is 0 Å². The van der Waals surface area contributed by atoms with Gasteiger partial charge in [0.25, 0.3) is 18.1 Å².